The van der Waals surface area contributed by atoms with Gasteiger partial charge in [-0.1, -0.05) is 13.8 Å². The maximum absolute atomic E-state index is 14.0. The fourth-order valence-electron chi connectivity index (χ4n) is 6.51. The van der Waals surface area contributed by atoms with Crippen LogP contribution in [0.25, 0.3) is 0 Å². The van der Waals surface area contributed by atoms with E-state index in [1.54, 1.807) is 27.9 Å². The first kappa shape index (κ1) is 37.0. The van der Waals surface area contributed by atoms with Gasteiger partial charge in [-0.3, -0.25) is 14.5 Å². The van der Waals surface area contributed by atoms with Crippen molar-refractivity contribution >= 4 is 11.8 Å². The zero-order chi connectivity index (χ0) is 32.0. The highest BCUT2D eigenvalue weighted by Gasteiger charge is 2.51. The number of cyclic esters (lactones) is 1. The topological polar surface area (TPSA) is 121 Å². The number of esters is 1. The summed E-state index contributed by atoms with van der Waals surface area (Å²) in [7, 11) is 9.46. The van der Waals surface area contributed by atoms with Crippen LogP contribution in [-0.4, -0.2) is 147 Å². The van der Waals surface area contributed by atoms with Crippen LogP contribution >= 0.6 is 0 Å². The van der Waals surface area contributed by atoms with Gasteiger partial charge in [0.1, 0.15) is 18.1 Å². The second kappa shape index (κ2) is 15.7. The molecule has 0 bridgehead atoms. The van der Waals surface area contributed by atoms with Gasteiger partial charge in [0.2, 0.25) is 0 Å². The molecule has 0 spiro atoms. The Balaban J connectivity index is 2.53. The second-order valence-electron chi connectivity index (χ2n) is 13.8. The molecular formula is C31H59N3O8. The summed E-state index contributed by atoms with van der Waals surface area (Å²) in [4.78, 5) is 33.7. The molecule has 2 heterocycles. The van der Waals surface area contributed by atoms with Gasteiger partial charge in [-0.05, 0) is 94.2 Å². The van der Waals surface area contributed by atoms with Crippen molar-refractivity contribution in [3.8, 4) is 0 Å². The van der Waals surface area contributed by atoms with Crippen molar-refractivity contribution in [2.24, 2.45) is 17.3 Å². The molecule has 42 heavy (non-hydrogen) atoms. The van der Waals surface area contributed by atoms with E-state index >= 15 is 0 Å². The lowest BCUT2D eigenvalue weighted by atomic mass is 9.74. The van der Waals surface area contributed by atoms with Gasteiger partial charge in [0.25, 0.3) is 0 Å². The van der Waals surface area contributed by atoms with Crippen molar-refractivity contribution < 1.29 is 38.7 Å². The number of rotatable bonds is 9. The predicted octanol–water partition coefficient (Wildman–Crippen LogP) is 1.63. The maximum atomic E-state index is 14.0. The monoisotopic (exact) mass is 601 g/mol. The quantitative estimate of drug-likeness (QED) is 0.296. The van der Waals surface area contributed by atoms with E-state index in [1.165, 1.54) is 0 Å². The molecule has 11 nitrogen and oxygen atoms in total. The summed E-state index contributed by atoms with van der Waals surface area (Å²) in [6.45, 7) is 12.9. The zero-order valence-electron chi connectivity index (χ0n) is 28.0. The average molecular weight is 602 g/mol. The lowest BCUT2D eigenvalue weighted by Gasteiger charge is -2.47. The smallest absolute Gasteiger partial charge is 0.319 e. The highest BCUT2D eigenvalue weighted by Crippen LogP contribution is 2.38. The number of carbonyl (C=O) groups excluding carboxylic acids is 2. The first-order valence-electron chi connectivity index (χ1n) is 15.4. The molecule has 11 heteroatoms. The van der Waals surface area contributed by atoms with Crippen molar-refractivity contribution in [3.63, 3.8) is 0 Å². The molecule has 2 aliphatic heterocycles. The first-order valence-corrected chi connectivity index (χ1v) is 15.4. The van der Waals surface area contributed by atoms with Gasteiger partial charge in [0.15, 0.2) is 12.1 Å². The summed E-state index contributed by atoms with van der Waals surface area (Å²) in [6.07, 6.45) is -0.902. The van der Waals surface area contributed by atoms with Crippen LogP contribution in [0.4, 0.5) is 0 Å². The van der Waals surface area contributed by atoms with Gasteiger partial charge in [0, 0.05) is 25.6 Å². The molecule has 2 rings (SSSR count). The second-order valence-corrected chi connectivity index (χ2v) is 13.8. The predicted molar refractivity (Wildman–Crippen MR) is 161 cm³/mol. The van der Waals surface area contributed by atoms with E-state index in [1.807, 2.05) is 46.9 Å². The van der Waals surface area contributed by atoms with Crippen LogP contribution in [0.1, 0.15) is 60.8 Å². The summed E-state index contributed by atoms with van der Waals surface area (Å²) >= 11 is 0. The minimum absolute atomic E-state index is 0.0114. The van der Waals surface area contributed by atoms with Gasteiger partial charge >= 0.3 is 5.97 Å². The largest absolute Gasteiger partial charge is 0.463 e. The Morgan fingerprint density at radius 3 is 2.29 bits per heavy atom. The fraction of sp³-hybridized carbons (Fsp3) is 0.935. The molecule has 0 radical (unpaired) electrons. The van der Waals surface area contributed by atoms with Crippen molar-refractivity contribution in [3.05, 3.63) is 0 Å². The summed E-state index contributed by atoms with van der Waals surface area (Å²) in [6, 6.07) is -0.594. The van der Waals surface area contributed by atoms with Crippen molar-refractivity contribution in [1.29, 1.82) is 0 Å². The molecule has 2 N–H and O–H groups in total. The lowest BCUT2D eigenvalue weighted by Crippen LogP contribution is -2.59. The van der Waals surface area contributed by atoms with Crippen LogP contribution in [0.15, 0.2) is 0 Å². The Kier molecular flexibility index (Phi) is 13.8. The van der Waals surface area contributed by atoms with Crippen molar-refractivity contribution in [2.45, 2.75) is 103 Å². The minimum atomic E-state index is -1.48. The summed E-state index contributed by atoms with van der Waals surface area (Å²) in [5.74, 6) is -1.72. The number of Topliss-reactive ketones (excluding diaryl/α,β-unsaturated/α-hetero) is 1. The first-order chi connectivity index (χ1) is 19.5. The van der Waals surface area contributed by atoms with Gasteiger partial charge in [-0.15, -0.1) is 0 Å². The maximum Gasteiger partial charge on any atom is 0.319 e. The van der Waals surface area contributed by atoms with Crippen molar-refractivity contribution in [2.75, 3.05) is 68.1 Å². The van der Waals surface area contributed by atoms with E-state index in [0.717, 1.165) is 13.0 Å². The molecule has 2 fully saturated rings. The number of hydrogen-bond donors (Lipinski definition) is 2. The van der Waals surface area contributed by atoms with Crippen LogP contribution in [0.5, 0.6) is 0 Å². The molecule has 0 saturated carbocycles. The molecule has 0 aromatic carbocycles. The molecule has 0 aliphatic carbocycles. The third kappa shape index (κ3) is 9.17. The lowest BCUT2D eigenvalue weighted by molar-refractivity contribution is -0.295. The molecule has 2 saturated heterocycles. The van der Waals surface area contributed by atoms with Crippen LogP contribution in [0.3, 0.4) is 0 Å². The summed E-state index contributed by atoms with van der Waals surface area (Å²) < 4.78 is 24.6. The van der Waals surface area contributed by atoms with Gasteiger partial charge < -0.3 is 39.0 Å². The highest BCUT2D eigenvalue weighted by molar-refractivity contribution is 6.04. The van der Waals surface area contributed by atoms with E-state index in [0.29, 0.717) is 25.9 Å². The Labute approximate surface area is 253 Å². The van der Waals surface area contributed by atoms with E-state index < -0.39 is 47.4 Å². The number of likely N-dealkylation sites (N-methyl/N-ethyl adjacent to an activating group) is 1. The van der Waals surface area contributed by atoms with Crippen LogP contribution in [0, 0.1) is 17.3 Å². The molecule has 0 amide bonds. The Hall–Kier alpha value is -1.18. The summed E-state index contributed by atoms with van der Waals surface area (Å²) in [5, 5.41) is 21.6. The van der Waals surface area contributed by atoms with Crippen LogP contribution in [-0.2, 0) is 28.5 Å². The Morgan fingerprint density at radius 2 is 1.74 bits per heavy atom. The van der Waals surface area contributed by atoms with E-state index in [-0.39, 0.29) is 37.1 Å². The molecule has 0 aromatic rings. The normalized spacial score (nSPS) is 37.7. The van der Waals surface area contributed by atoms with Gasteiger partial charge in [0.05, 0.1) is 30.5 Å². The minimum Gasteiger partial charge on any atom is -0.463 e. The molecular weight excluding hydrogens is 542 g/mol. The number of ether oxygens (including phenoxy) is 4. The van der Waals surface area contributed by atoms with Crippen molar-refractivity contribution in [1.82, 2.24) is 14.7 Å². The SMILES string of the molecule is CO[C@]1(C)C[C@@H](C)CN(CCCN(C)C)[C@H](CO)COC(=O)C(C)(C)C(=O)[C@H](C)[C@H]1O[C@@H]1O[C@H](C)C[C@H](N(C)C)[C@H]1O. The molecule has 9 atom stereocenters. The fourth-order valence-corrected chi connectivity index (χ4v) is 6.51. The average Bonchev–Trinajstić information content (AvgIpc) is 2.91. The third-order valence-electron chi connectivity index (χ3n) is 9.10. The van der Waals surface area contributed by atoms with E-state index in [9.17, 15) is 19.8 Å². The standard InChI is InChI=1S/C31H59N3O8/c1-20-16-31(6,39-11)27(42-28-25(36)24(33(9)10)15-21(2)41-28)22(3)26(37)30(4,5)29(38)40-19-23(18-35)34(17-20)14-12-13-32(7)8/h20-25,27-28,35-36H,12-19H2,1-11H3/t20-,21-,22+,23-,24+,25-,27-,28+,31-/m1/s1. The van der Waals surface area contributed by atoms with E-state index in [2.05, 4.69) is 16.7 Å². The number of aliphatic hydroxyl groups excluding tert-OH is 2. The number of ketones is 1. The molecule has 246 valence electrons. The van der Waals surface area contributed by atoms with Crippen LogP contribution in [0.2, 0.25) is 0 Å². The zero-order valence-corrected chi connectivity index (χ0v) is 28.0. The number of hydrogen-bond acceptors (Lipinski definition) is 11. The van der Waals surface area contributed by atoms with Crippen LogP contribution < -0.4 is 0 Å². The van der Waals surface area contributed by atoms with Gasteiger partial charge in [-0.2, -0.15) is 0 Å². The Morgan fingerprint density at radius 1 is 1.10 bits per heavy atom. The molecule has 2 aliphatic rings. The molecule has 0 unspecified atom stereocenters. The molecule has 0 aromatic heterocycles. The van der Waals surface area contributed by atoms with Gasteiger partial charge in [-0.25, -0.2) is 0 Å². The third-order valence-corrected chi connectivity index (χ3v) is 9.10. The number of methoxy groups -OCH3 is 1. The van der Waals surface area contributed by atoms with E-state index in [4.69, 9.17) is 18.9 Å². The Bertz CT molecular complexity index is 871. The summed E-state index contributed by atoms with van der Waals surface area (Å²) in [5.41, 5.74) is -2.44. The number of carbonyl (C=O) groups is 2. The number of nitrogens with zero attached hydrogens (tertiary/aromatic N) is 3. The highest BCUT2D eigenvalue weighted by atomic mass is 16.7. The number of aliphatic hydroxyl groups is 2.